The van der Waals surface area contributed by atoms with Gasteiger partial charge in [-0.3, -0.25) is 9.59 Å². The molecule has 3 unspecified atom stereocenters. The molecule has 0 aliphatic carbocycles. The van der Waals surface area contributed by atoms with E-state index in [1.807, 2.05) is 0 Å². The first-order valence-corrected chi connectivity index (χ1v) is 25.3. The molecule has 3 N–H and O–H groups in total. The van der Waals surface area contributed by atoms with Crippen molar-refractivity contribution in [2.75, 3.05) is 6.61 Å². The van der Waals surface area contributed by atoms with E-state index in [0.29, 0.717) is 19.3 Å². The van der Waals surface area contributed by atoms with Crippen molar-refractivity contribution in [2.45, 2.75) is 244 Å². The van der Waals surface area contributed by atoms with Crippen LogP contribution in [0.5, 0.6) is 0 Å². The number of rotatable bonds is 44. The molecule has 0 aromatic carbocycles. The van der Waals surface area contributed by atoms with Crippen LogP contribution in [0.3, 0.4) is 0 Å². The highest BCUT2D eigenvalue weighted by Gasteiger charge is 2.24. The van der Waals surface area contributed by atoms with Crippen molar-refractivity contribution < 1.29 is 24.5 Å². The van der Waals surface area contributed by atoms with E-state index < -0.39 is 18.2 Å². The second-order valence-corrected chi connectivity index (χ2v) is 16.8. The SMILES string of the molecule is CC/C=C/C/C=C/C/C=C/C/C=C/CCCC(CC(=O)NC(CO)C(O)CCCCCCCCCCC)OC(=O)CCCCCCCC/C=C\C/C=C\C/C=C\CCCCC. The number of unbranched alkanes of at least 4 members (excludes halogenated alkanes) is 18. The predicted molar refractivity (Wildman–Crippen MR) is 264 cm³/mol. The third-order valence-electron chi connectivity index (χ3n) is 11.0. The maximum Gasteiger partial charge on any atom is 0.306 e. The number of aliphatic hydroxyl groups excluding tert-OH is 2. The standard InChI is InChI=1S/C55H95NO5/c1-4-7-10-13-16-19-21-23-25-26-27-28-29-31-33-36-39-42-45-48-55(60)61-51(46-43-40-37-35-32-30-24-22-20-17-14-11-8-5-2)49-54(59)56-52(50-57)53(58)47-44-41-38-34-18-15-12-9-6-3/h8,11,16-17,19-20,23-25,27-28,30,35,37,51-53,57-58H,4-7,9-10,12-15,18,21-22,26,29,31-34,36,38-50H2,1-3H3,(H,56,59)/b11-8+,19-16-,20-17+,25-23-,28-27-,30-24+,37-35+. The van der Waals surface area contributed by atoms with E-state index in [9.17, 15) is 19.8 Å². The van der Waals surface area contributed by atoms with Gasteiger partial charge in [-0.15, -0.1) is 0 Å². The number of ether oxygens (including phenoxy) is 1. The second kappa shape index (κ2) is 48.1. The van der Waals surface area contributed by atoms with Crippen LogP contribution in [0, 0.1) is 0 Å². The van der Waals surface area contributed by atoms with Gasteiger partial charge >= 0.3 is 5.97 Å². The fraction of sp³-hybridized carbons (Fsp3) is 0.709. The molecule has 0 aliphatic rings. The van der Waals surface area contributed by atoms with Crippen LogP contribution in [0.4, 0.5) is 0 Å². The lowest BCUT2D eigenvalue weighted by molar-refractivity contribution is -0.151. The van der Waals surface area contributed by atoms with Crippen molar-refractivity contribution in [3.8, 4) is 0 Å². The highest BCUT2D eigenvalue weighted by Crippen LogP contribution is 2.16. The number of hydrogen-bond acceptors (Lipinski definition) is 5. The zero-order valence-corrected chi connectivity index (χ0v) is 39.8. The number of aliphatic hydroxyl groups is 2. The van der Waals surface area contributed by atoms with E-state index in [0.717, 1.165) is 96.3 Å². The zero-order valence-electron chi connectivity index (χ0n) is 39.8. The molecule has 0 spiro atoms. The summed E-state index contributed by atoms with van der Waals surface area (Å²) < 4.78 is 5.89. The van der Waals surface area contributed by atoms with Gasteiger partial charge in [0.15, 0.2) is 0 Å². The molecule has 0 heterocycles. The predicted octanol–water partition coefficient (Wildman–Crippen LogP) is 15.2. The van der Waals surface area contributed by atoms with Crippen molar-refractivity contribution in [3.05, 3.63) is 85.1 Å². The number of esters is 1. The third-order valence-corrected chi connectivity index (χ3v) is 11.0. The van der Waals surface area contributed by atoms with Crippen molar-refractivity contribution in [2.24, 2.45) is 0 Å². The lowest BCUT2D eigenvalue weighted by Crippen LogP contribution is -2.46. The van der Waals surface area contributed by atoms with Crippen molar-refractivity contribution in [3.63, 3.8) is 0 Å². The molecule has 61 heavy (non-hydrogen) atoms. The third kappa shape index (κ3) is 43.5. The summed E-state index contributed by atoms with van der Waals surface area (Å²) in [6, 6.07) is -0.724. The van der Waals surface area contributed by atoms with Crippen molar-refractivity contribution in [1.29, 1.82) is 0 Å². The average Bonchev–Trinajstić information content (AvgIpc) is 3.25. The Hall–Kier alpha value is -2.96. The molecule has 0 fully saturated rings. The van der Waals surface area contributed by atoms with Crippen LogP contribution in [0.15, 0.2) is 85.1 Å². The van der Waals surface area contributed by atoms with Gasteiger partial charge in [0, 0.05) is 6.42 Å². The molecule has 0 aliphatic heterocycles. The van der Waals surface area contributed by atoms with Gasteiger partial charge < -0.3 is 20.3 Å². The van der Waals surface area contributed by atoms with Crippen molar-refractivity contribution in [1.82, 2.24) is 5.32 Å². The maximum atomic E-state index is 13.2. The Morgan fingerprint density at radius 3 is 1.41 bits per heavy atom. The highest BCUT2D eigenvalue weighted by atomic mass is 16.5. The summed E-state index contributed by atoms with van der Waals surface area (Å²) in [5.74, 6) is -0.550. The minimum Gasteiger partial charge on any atom is -0.462 e. The first kappa shape index (κ1) is 58.0. The van der Waals surface area contributed by atoms with Crippen LogP contribution in [0.1, 0.15) is 226 Å². The van der Waals surface area contributed by atoms with E-state index in [4.69, 9.17) is 4.74 Å². The lowest BCUT2D eigenvalue weighted by Gasteiger charge is -2.24. The monoisotopic (exact) mass is 850 g/mol. The fourth-order valence-electron chi connectivity index (χ4n) is 7.14. The van der Waals surface area contributed by atoms with Crippen LogP contribution in [0.25, 0.3) is 0 Å². The summed E-state index contributed by atoms with van der Waals surface area (Å²) in [5, 5.41) is 23.6. The Balaban J connectivity index is 4.66. The lowest BCUT2D eigenvalue weighted by atomic mass is 10.0. The van der Waals surface area contributed by atoms with E-state index >= 15 is 0 Å². The maximum absolute atomic E-state index is 13.2. The van der Waals surface area contributed by atoms with Crippen molar-refractivity contribution >= 4 is 11.9 Å². The van der Waals surface area contributed by atoms with Crippen LogP contribution in [-0.2, 0) is 14.3 Å². The van der Waals surface area contributed by atoms with Crippen LogP contribution < -0.4 is 5.32 Å². The quantitative estimate of drug-likeness (QED) is 0.0322. The topological polar surface area (TPSA) is 95.9 Å². The van der Waals surface area contributed by atoms with Crippen LogP contribution in [0.2, 0.25) is 0 Å². The molecular formula is C55H95NO5. The fourth-order valence-corrected chi connectivity index (χ4v) is 7.14. The molecule has 1 amide bonds. The molecule has 0 saturated carbocycles. The minimum atomic E-state index is -0.807. The number of amides is 1. The summed E-state index contributed by atoms with van der Waals surface area (Å²) in [6.07, 6.45) is 62.2. The van der Waals surface area contributed by atoms with Gasteiger partial charge in [0.05, 0.1) is 25.2 Å². The molecule has 350 valence electrons. The molecule has 0 aromatic heterocycles. The van der Waals surface area contributed by atoms with E-state index in [-0.39, 0.29) is 24.9 Å². The van der Waals surface area contributed by atoms with Gasteiger partial charge in [-0.05, 0) is 96.3 Å². The van der Waals surface area contributed by atoms with Gasteiger partial charge in [-0.1, -0.05) is 202 Å². The summed E-state index contributed by atoms with van der Waals surface area (Å²) in [6.45, 7) is 6.29. The molecule has 0 saturated heterocycles. The highest BCUT2D eigenvalue weighted by molar-refractivity contribution is 5.77. The number of hydrogen-bond donors (Lipinski definition) is 3. The zero-order chi connectivity index (χ0) is 44.5. The number of carbonyl (C=O) groups excluding carboxylic acids is 2. The normalized spacial score (nSPS) is 14.0. The first-order chi connectivity index (χ1) is 30.0. The van der Waals surface area contributed by atoms with E-state index in [1.54, 1.807) is 0 Å². The summed E-state index contributed by atoms with van der Waals surface area (Å²) in [5.41, 5.74) is 0. The van der Waals surface area contributed by atoms with Gasteiger partial charge in [0.2, 0.25) is 5.91 Å². The molecule has 0 rings (SSSR count). The van der Waals surface area contributed by atoms with Crippen LogP contribution in [-0.4, -0.2) is 46.9 Å². The van der Waals surface area contributed by atoms with Gasteiger partial charge in [-0.25, -0.2) is 0 Å². The molecule has 0 radical (unpaired) electrons. The first-order valence-electron chi connectivity index (χ1n) is 25.3. The van der Waals surface area contributed by atoms with Crippen LogP contribution >= 0.6 is 0 Å². The van der Waals surface area contributed by atoms with Gasteiger partial charge in [0.25, 0.3) is 0 Å². The Morgan fingerprint density at radius 1 is 0.492 bits per heavy atom. The largest absolute Gasteiger partial charge is 0.462 e. The summed E-state index contributed by atoms with van der Waals surface area (Å²) in [4.78, 5) is 26.1. The Labute approximate surface area is 376 Å². The number of allylic oxidation sites excluding steroid dienone is 14. The van der Waals surface area contributed by atoms with Gasteiger partial charge in [0.1, 0.15) is 6.10 Å². The van der Waals surface area contributed by atoms with E-state index in [1.165, 1.54) is 83.5 Å². The molecule has 0 bridgehead atoms. The summed E-state index contributed by atoms with van der Waals surface area (Å²) in [7, 11) is 0. The Morgan fingerprint density at radius 2 is 0.902 bits per heavy atom. The number of carbonyl (C=O) groups is 2. The molecule has 6 heteroatoms. The minimum absolute atomic E-state index is 0.0302. The van der Waals surface area contributed by atoms with Gasteiger partial charge in [-0.2, -0.15) is 0 Å². The molecule has 0 aromatic rings. The van der Waals surface area contributed by atoms with E-state index in [2.05, 4.69) is 111 Å². The summed E-state index contributed by atoms with van der Waals surface area (Å²) >= 11 is 0. The Kier molecular flexibility index (Phi) is 45.7. The average molecular weight is 850 g/mol. The number of nitrogens with one attached hydrogen (secondary N) is 1. The molecular weight excluding hydrogens is 755 g/mol. The smallest absolute Gasteiger partial charge is 0.306 e. The molecule has 3 atom stereocenters. The second-order valence-electron chi connectivity index (χ2n) is 16.8. The Bertz CT molecular complexity index is 1180. The molecule has 6 nitrogen and oxygen atoms in total.